The van der Waals surface area contributed by atoms with Gasteiger partial charge < -0.3 is 5.11 Å². The van der Waals surface area contributed by atoms with Gasteiger partial charge in [-0.25, -0.2) is 0 Å². The maximum atomic E-state index is 12.3. The summed E-state index contributed by atoms with van der Waals surface area (Å²) in [5.74, 6) is -1.08. The molecule has 1 aliphatic heterocycles. The van der Waals surface area contributed by atoms with Crippen molar-refractivity contribution in [2.24, 2.45) is 0 Å². The minimum absolute atomic E-state index is 0.199. The number of aliphatic carboxylic acids is 1. The Balaban J connectivity index is 2.08. The van der Waals surface area contributed by atoms with Gasteiger partial charge in [0, 0.05) is 22.8 Å². The Morgan fingerprint density at radius 3 is 2.76 bits per heavy atom. The Kier molecular flexibility index (Phi) is 5.03. The fourth-order valence-electron chi connectivity index (χ4n) is 2.42. The standard InChI is InChI=1S/C13H20N2O4S2/c1-9-7-11(20-10(9)2)8-14-21(18,19)15-6-4-3-5-12(15)13(16)17/h7,12,14H,3-6,8H2,1-2H3,(H,16,17). The molecule has 1 atom stereocenters. The average molecular weight is 332 g/mol. The van der Waals surface area contributed by atoms with Crippen molar-refractivity contribution in [2.45, 2.75) is 45.7 Å². The monoisotopic (exact) mass is 332 g/mol. The summed E-state index contributed by atoms with van der Waals surface area (Å²) in [5, 5.41) is 9.17. The zero-order chi connectivity index (χ0) is 15.6. The van der Waals surface area contributed by atoms with Crippen LogP contribution < -0.4 is 4.72 Å². The molecule has 1 unspecified atom stereocenters. The Bertz CT molecular complexity index is 605. The maximum absolute atomic E-state index is 12.3. The van der Waals surface area contributed by atoms with E-state index in [0.717, 1.165) is 26.0 Å². The third-order valence-electron chi connectivity index (χ3n) is 3.69. The number of carbonyl (C=O) groups is 1. The summed E-state index contributed by atoms with van der Waals surface area (Å²) in [5.41, 5.74) is 1.13. The van der Waals surface area contributed by atoms with Crippen LogP contribution in [0.25, 0.3) is 0 Å². The minimum Gasteiger partial charge on any atom is -0.480 e. The Morgan fingerprint density at radius 1 is 1.48 bits per heavy atom. The fourth-order valence-corrected chi connectivity index (χ4v) is 4.91. The predicted octanol–water partition coefficient (Wildman–Crippen LogP) is 1.64. The first-order valence-corrected chi connectivity index (χ1v) is 9.12. The number of piperidine rings is 1. The highest BCUT2D eigenvalue weighted by Gasteiger charge is 2.36. The maximum Gasteiger partial charge on any atom is 0.322 e. The quantitative estimate of drug-likeness (QED) is 0.858. The lowest BCUT2D eigenvalue weighted by molar-refractivity contribution is -0.142. The van der Waals surface area contributed by atoms with Crippen molar-refractivity contribution in [1.82, 2.24) is 9.03 Å². The molecular weight excluding hydrogens is 312 g/mol. The first-order valence-electron chi connectivity index (χ1n) is 6.86. The Hall–Kier alpha value is -0.960. The van der Waals surface area contributed by atoms with Gasteiger partial charge in [0.05, 0.1) is 0 Å². The molecule has 0 radical (unpaired) electrons. The van der Waals surface area contributed by atoms with Gasteiger partial charge in [-0.05, 0) is 44.7 Å². The molecule has 1 aromatic rings. The number of carboxylic acids is 1. The van der Waals surface area contributed by atoms with Crippen molar-refractivity contribution >= 4 is 27.5 Å². The molecule has 2 N–H and O–H groups in total. The van der Waals surface area contributed by atoms with Crippen molar-refractivity contribution in [3.8, 4) is 0 Å². The van der Waals surface area contributed by atoms with Gasteiger partial charge in [-0.15, -0.1) is 11.3 Å². The summed E-state index contributed by atoms with van der Waals surface area (Å²) < 4.78 is 28.2. The van der Waals surface area contributed by atoms with Crippen molar-refractivity contribution < 1.29 is 18.3 Å². The number of hydrogen-bond acceptors (Lipinski definition) is 4. The van der Waals surface area contributed by atoms with E-state index in [1.54, 1.807) is 11.3 Å². The number of nitrogens with zero attached hydrogens (tertiary/aromatic N) is 1. The van der Waals surface area contributed by atoms with E-state index in [9.17, 15) is 13.2 Å². The molecule has 2 rings (SSSR count). The molecule has 0 saturated carbocycles. The fraction of sp³-hybridized carbons (Fsp3) is 0.615. The second kappa shape index (κ2) is 6.43. The van der Waals surface area contributed by atoms with E-state index in [1.807, 2.05) is 19.9 Å². The van der Waals surface area contributed by atoms with Crippen molar-refractivity contribution in [3.05, 3.63) is 21.4 Å². The van der Waals surface area contributed by atoms with Crippen molar-refractivity contribution in [2.75, 3.05) is 6.54 Å². The lowest BCUT2D eigenvalue weighted by atomic mass is 10.1. The molecule has 0 spiro atoms. The lowest BCUT2D eigenvalue weighted by Crippen LogP contribution is -2.51. The van der Waals surface area contributed by atoms with E-state index in [1.165, 1.54) is 0 Å². The predicted molar refractivity (Wildman–Crippen MR) is 81.5 cm³/mol. The van der Waals surface area contributed by atoms with E-state index in [4.69, 9.17) is 5.11 Å². The smallest absolute Gasteiger partial charge is 0.322 e. The van der Waals surface area contributed by atoms with Crippen LogP contribution in [0.1, 0.15) is 34.6 Å². The first-order chi connectivity index (χ1) is 9.81. The number of carboxylic acid groups (broad SMARTS) is 1. The van der Waals surface area contributed by atoms with Gasteiger partial charge in [-0.1, -0.05) is 0 Å². The summed E-state index contributed by atoms with van der Waals surface area (Å²) in [4.78, 5) is 13.3. The number of aryl methyl sites for hydroxylation is 2. The molecule has 8 heteroatoms. The molecular formula is C13H20N2O4S2. The first kappa shape index (κ1) is 16.4. The molecule has 21 heavy (non-hydrogen) atoms. The van der Waals surface area contributed by atoms with Gasteiger partial charge in [-0.3, -0.25) is 4.79 Å². The number of thiophene rings is 1. The molecule has 0 amide bonds. The molecule has 1 saturated heterocycles. The summed E-state index contributed by atoms with van der Waals surface area (Å²) in [7, 11) is -3.77. The molecule has 1 aliphatic rings. The molecule has 118 valence electrons. The zero-order valence-corrected chi connectivity index (χ0v) is 13.8. The second-order valence-electron chi connectivity index (χ2n) is 5.24. The largest absolute Gasteiger partial charge is 0.480 e. The molecule has 0 bridgehead atoms. The molecule has 2 heterocycles. The van der Waals surface area contributed by atoms with E-state index in [-0.39, 0.29) is 13.1 Å². The SMILES string of the molecule is Cc1cc(CNS(=O)(=O)N2CCCCC2C(=O)O)sc1C. The van der Waals surface area contributed by atoms with Crippen LogP contribution in [0, 0.1) is 13.8 Å². The molecule has 6 nitrogen and oxygen atoms in total. The summed E-state index contributed by atoms with van der Waals surface area (Å²) in [6.07, 6.45) is 1.81. The van der Waals surface area contributed by atoms with Gasteiger partial charge in [0.1, 0.15) is 6.04 Å². The van der Waals surface area contributed by atoms with E-state index in [0.29, 0.717) is 12.8 Å². The molecule has 1 fully saturated rings. The van der Waals surface area contributed by atoms with Crippen LogP contribution in [0.4, 0.5) is 0 Å². The lowest BCUT2D eigenvalue weighted by Gasteiger charge is -2.31. The van der Waals surface area contributed by atoms with Crippen LogP contribution >= 0.6 is 11.3 Å². The zero-order valence-electron chi connectivity index (χ0n) is 12.1. The van der Waals surface area contributed by atoms with Gasteiger partial charge in [0.15, 0.2) is 0 Å². The average Bonchev–Trinajstić information content (AvgIpc) is 2.76. The van der Waals surface area contributed by atoms with E-state index in [2.05, 4.69) is 4.72 Å². The topological polar surface area (TPSA) is 86.7 Å². The Morgan fingerprint density at radius 2 is 2.19 bits per heavy atom. The van der Waals surface area contributed by atoms with Crippen LogP contribution in [-0.4, -0.2) is 36.4 Å². The molecule has 1 aromatic heterocycles. The van der Waals surface area contributed by atoms with Crippen LogP contribution in [0.3, 0.4) is 0 Å². The van der Waals surface area contributed by atoms with Crippen LogP contribution in [-0.2, 0) is 21.5 Å². The molecule has 0 aliphatic carbocycles. The van der Waals surface area contributed by atoms with Crippen LogP contribution in [0.2, 0.25) is 0 Å². The van der Waals surface area contributed by atoms with E-state index >= 15 is 0 Å². The second-order valence-corrected chi connectivity index (χ2v) is 8.29. The minimum atomic E-state index is -3.77. The van der Waals surface area contributed by atoms with Gasteiger partial charge >= 0.3 is 5.97 Å². The van der Waals surface area contributed by atoms with E-state index < -0.39 is 22.2 Å². The van der Waals surface area contributed by atoms with Gasteiger partial charge in [-0.2, -0.15) is 17.4 Å². The normalized spacial score (nSPS) is 20.6. The van der Waals surface area contributed by atoms with Crippen LogP contribution in [0.15, 0.2) is 6.07 Å². The number of rotatable bonds is 5. The third kappa shape index (κ3) is 3.82. The number of nitrogens with one attached hydrogen (secondary N) is 1. The highest BCUT2D eigenvalue weighted by atomic mass is 32.2. The summed E-state index contributed by atoms with van der Waals surface area (Å²) in [6.45, 7) is 4.43. The third-order valence-corrected chi connectivity index (χ3v) is 6.41. The highest BCUT2D eigenvalue weighted by molar-refractivity contribution is 7.87. The summed E-state index contributed by atoms with van der Waals surface area (Å²) >= 11 is 1.55. The highest BCUT2D eigenvalue weighted by Crippen LogP contribution is 2.22. The van der Waals surface area contributed by atoms with Crippen molar-refractivity contribution in [1.29, 1.82) is 0 Å². The Labute approximate surface area is 129 Å². The summed E-state index contributed by atoms with van der Waals surface area (Å²) in [6, 6.07) is 0.996. The molecule has 0 aromatic carbocycles. The van der Waals surface area contributed by atoms with Gasteiger partial charge in [0.2, 0.25) is 0 Å². The van der Waals surface area contributed by atoms with Gasteiger partial charge in [0.25, 0.3) is 10.2 Å². The number of hydrogen-bond donors (Lipinski definition) is 2. The van der Waals surface area contributed by atoms with Crippen LogP contribution in [0.5, 0.6) is 0 Å². The van der Waals surface area contributed by atoms with Crippen molar-refractivity contribution in [3.63, 3.8) is 0 Å².